The van der Waals surface area contributed by atoms with Gasteiger partial charge in [0.1, 0.15) is 12.4 Å². The first-order valence-corrected chi connectivity index (χ1v) is 9.74. The summed E-state index contributed by atoms with van der Waals surface area (Å²) >= 11 is 6.10. The van der Waals surface area contributed by atoms with Crippen LogP contribution >= 0.6 is 11.6 Å². The second-order valence-electron chi connectivity index (χ2n) is 7.30. The molecule has 0 aromatic heterocycles. The number of anilines is 1. The number of fused-ring (bicyclic) bond motifs is 2. The Bertz CT molecular complexity index is 1140. The number of carbonyl (C=O) groups excluding carboxylic acids is 3. The zero-order valence-corrected chi connectivity index (χ0v) is 17.1. The van der Waals surface area contributed by atoms with Crippen molar-refractivity contribution in [2.24, 2.45) is 0 Å². The molecule has 1 fully saturated rings. The molecule has 2 aliphatic rings. The molecule has 10 heteroatoms. The fraction of sp³-hybridized carbons (Fsp3) is 0.238. The lowest BCUT2D eigenvalue weighted by atomic mass is 9.90. The highest BCUT2D eigenvalue weighted by Gasteiger charge is 2.67. The SMILES string of the molecule is CN1C(=O)N(CCc2ccccc2F)C(=O)C12C(=O)N(CC(=O)O)c1ccc(Cl)cc12. The molecule has 0 bridgehead atoms. The van der Waals surface area contributed by atoms with Crippen molar-refractivity contribution in [3.8, 4) is 0 Å². The largest absolute Gasteiger partial charge is 0.480 e. The van der Waals surface area contributed by atoms with Crippen molar-refractivity contribution in [1.29, 1.82) is 0 Å². The van der Waals surface area contributed by atoms with Crippen LogP contribution in [0.1, 0.15) is 11.1 Å². The van der Waals surface area contributed by atoms with Crippen LogP contribution in [0.3, 0.4) is 0 Å². The number of rotatable bonds is 5. The van der Waals surface area contributed by atoms with E-state index in [1.54, 1.807) is 12.1 Å². The van der Waals surface area contributed by atoms with Crippen LogP contribution in [0.25, 0.3) is 0 Å². The molecule has 2 heterocycles. The lowest BCUT2D eigenvalue weighted by Gasteiger charge is -2.27. The number of hydrogen-bond acceptors (Lipinski definition) is 4. The van der Waals surface area contributed by atoms with E-state index in [0.29, 0.717) is 5.56 Å². The predicted octanol–water partition coefficient (Wildman–Crippen LogP) is 2.24. The summed E-state index contributed by atoms with van der Waals surface area (Å²) in [4.78, 5) is 54.0. The maximum atomic E-state index is 14.0. The Hall–Kier alpha value is -3.46. The minimum absolute atomic E-state index is 0.0590. The van der Waals surface area contributed by atoms with Crippen molar-refractivity contribution < 1.29 is 28.7 Å². The molecule has 0 aliphatic carbocycles. The van der Waals surface area contributed by atoms with Crippen LogP contribution in [-0.4, -0.2) is 58.9 Å². The van der Waals surface area contributed by atoms with Crippen LogP contribution in [-0.2, 0) is 26.3 Å². The number of urea groups is 1. The molecule has 4 rings (SSSR count). The van der Waals surface area contributed by atoms with E-state index >= 15 is 0 Å². The van der Waals surface area contributed by atoms with Crippen molar-refractivity contribution in [3.05, 3.63) is 64.4 Å². The van der Waals surface area contributed by atoms with Gasteiger partial charge in [-0.05, 0) is 36.2 Å². The van der Waals surface area contributed by atoms with Gasteiger partial charge < -0.3 is 10.0 Å². The van der Waals surface area contributed by atoms with Gasteiger partial charge in [-0.2, -0.15) is 0 Å². The van der Waals surface area contributed by atoms with Crippen LogP contribution in [0.5, 0.6) is 0 Å². The van der Waals surface area contributed by atoms with Crippen molar-refractivity contribution in [2.75, 3.05) is 25.0 Å². The summed E-state index contributed by atoms with van der Waals surface area (Å²) in [6, 6.07) is 9.56. The van der Waals surface area contributed by atoms with Gasteiger partial charge in [-0.25, -0.2) is 9.18 Å². The molecular weight excluding hydrogens is 429 g/mol. The van der Waals surface area contributed by atoms with Gasteiger partial charge in [0.05, 0.1) is 5.69 Å². The van der Waals surface area contributed by atoms with Crippen LogP contribution < -0.4 is 4.90 Å². The number of hydrogen-bond donors (Lipinski definition) is 1. The van der Waals surface area contributed by atoms with Crippen LogP contribution in [0, 0.1) is 5.82 Å². The van der Waals surface area contributed by atoms with E-state index in [2.05, 4.69) is 0 Å². The third kappa shape index (κ3) is 2.96. The molecule has 160 valence electrons. The van der Waals surface area contributed by atoms with Crippen molar-refractivity contribution in [1.82, 2.24) is 9.80 Å². The summed E-state index contributed by atoms with van der Waals surface area (Å²) < 4.78 is 14.0. The van der Waals surface area contributed by atoms with Gasteiger partial charge in [-0.3, -0.25) is 24.2 Å². The summed E-state index contributed by atoms with van der Waals surface area (Å²) in [5.41, 5.74) is -1.40. The summed E-state index contributed by atoms with van der Waals surface area (Å²) in [6.07, 6.45) is 0.0590. The fourth-order valence-electron chi connectivity index (χ4n) is 4.16. The lowest BCUT2D eigenvalue weighted by Crippen LogP contribution is -2.53. The smallest absolute Gasteiger partial charge is 0.328 e. The standard InChI is InChI=1S/C21H17ClFN3O5/c1-24-20(31)25(9-8-12-4-2-3-5-15(12)23)18(29)21(24)14-10-13(22)6-7-16(14)26(19(21)30)11-17(27)28/h2-7,10H,8-9,11H2,1H3,(H,27,28). The van der Waals surface area contributed by atoms with E-state index in [4.69, 9.17) is 11.6 Å². The molecule has 4 amide bonds. The summed E-state index contributed by atoms with van der Waals surface area (Å²) in [5.74, 6) is -3.41. The van der Waals surface area contributed by atoms with E-state index in [0.717, 1.165) is 14.7 Å². The molecular formula is C21H17ClFN3O5. The molecule has 8 nitrogen and oxygen atoms in total. The predicted molar refractivity (Wildman–Crippen MR) is 108 cm³/mol. The number of aliphatic carboxylic acids is 1. The molecule has 2 aliphatic heterocycles. The summed E-state index contributed by atoms with van der Waals surface area (Å²) in [7, 11) is 1.30. The van der Waals surface area contributed by atoms with Crippen molar-refractivity contribution in [2.45, 2.75) is 12.0 Å². The molecule has 1 unspecified atom stereocenters. The number of likely N-dealkylation sites (N-methyl/N-ethyl adjacent to an activating group) is 1. The number of benzene rings is 2. The normalized spacial score (nSPS) is 20.2. The van der Waals surface area contributed by atoms with Gasteiger partial charge in [0, 0.05) is 24.2 Å². The highest BCUT2D eigenvalue weighted by molar-refractivity contribution is 6.32. The van der Waals surface area contributed by atoms with Gasteiger partial charge >= 0.3 is 12.0 Å². The maximum Gasteiger partial charge on any atom is 0.328 e. The van der Waals surface area contributed by atoms with Crippen molar-refractivity contribution in [3.63, 3.8) is 0 Å². The third-order valence-electron chi connectivity index (χ3n) is 5.63. The lowest BCUT2D eigenvalue weighted by molar-refractivity contribution is -0.143. The van der Waals surface area contributed by atoms with Crippen molar-refractivity contribution >= 4 is 41.1 Å². The molecule has 1 atom stereocenters. The van der Waals surface area contributed by atoms with E-state index < -0.39 is 41.7 Å². The maximum absolute atomic E-state index is 14.0. The number of carboxylic acid groups (broad SMARTS) is 1. The second-order valence-corrected chi connectivity index (χ2v) is 7.73. The molecule has 2 aromatic rings. The first-order chi connectivity index (χ1) is 14.7. The fourth-order valence-corrected chi connectivity index (χ4v) is 4.33. The molecule has 31 heavy (non-hydrogen) atoms. The Kier molecular flexibility index (Phi) is 4.93. The van der Waals surface area contributed by atoms with Crippen LogP contribution in [0.4, 0.5) is 14.9 Å². The Balaban J connectivity index is 1.76. The number of carbonyl (C=O) groups is 4. The highest BCUT2D eigenvalue weighted by Crippen LogP contribution is 2.48. The Labute approximate surface area is 181 Å². The number of amides is 4. The third-order valence-corrected chi connectivity index (χ3v) is 5.86. The van der Waals surface area contributed by atoms with Gasteiger partial charge in [0.2, 0.25) is 5.54 Å². The van der Waals surface area contributed by atoms with E-state index in [-0.39, 0.29) is 29.2 Å². The van der Waals surface area contributed by atoms with Crippen LogP contribution in [0.2, 0.25) is 5.02 Å². The zero-order chi connectivity index (χ0) is 22.5. The minimum Gasteiger partial charge on any atom is -0.480 e. The molecule has 0 radical (unpaired) electrons. The van der Waals surface area contributed by atoms with E-state index in [1.165, 1.54) is 37.4 Å². The summed E-state index contributed by atoms with van der Waals surface area (Å²) in [5, 5.41) is 9.47. The molecule has 2 aromatic carbocycles. The van der Waals surface area contributed by atoms with Gasteiger partial charge in [-0.1, -0.05) is 29.8 Å². The molecule has 1 N–H and O–H groups in total. The van der Waals surface area contributed by atoms with Gasteiger partial charge in [0.15, 0.2) is 0 Å². The molecule has 1 saturated heterocycles. The zero-order valence-electron chi connectivity index (χ0n) is 16.3. The average Bonchev–Trinajstić information content (AvgIpc) is 3.06. The monoisotopic (exact) mass is 445 g/mol. The Morgan fingerprint density at radius 1 is 1.10 bits per heavy atom. The quantitative estimate of drug-likeness (QED) is 0.562. The van der Waals surface area contributed by atoms with Gasteiger partial charge in [0.25, 0.3) is 11.8 Å². The van der Waals surface area contributed by atoms with Gasteiger partial charge in [-0.15, -0.1) is 0 Å². The first-order valence-electron chi connectivity index (χ1n) is 9.36. The number of halogens is 2. The average molecular weight is 446 g/mol. The second kappa shape index (κ2) is 7.35. The summed E-state index contributed by atoms with van der Waals surface area (Å²) in [6.45, 7) is -0.827. The topological polar surface area (TPSA) is 98.2 Å². The number of carboxylic acids is 1. The first kappa shape index (κ1) is 20.8. The number of nitrogens with zero attached hydrogens (tertiary/aromatic N) is 3. The number of imide groups is 1. The Morgan fingerprint density at radius 2 is 1.77 bits per heavy atom. The van der Waals surface area contributed by atoms with E-state index in [9.17, 15) is 28.7 Å². The van der Waals surface area contributed by atoms with Crippen LogP contribution in [0.15, 0.2) is 42.5 Å². The molecule has 1 spiro atoms. The molecule has 0 saturated carbocycles. The Morgan fingerprint density at radius 3 is 2.45 bits per heavy atom. The van der Waals surface area contributed by atoms with E-state index in [1.807, 2.05) is 0 Å². The highest BCUT2D eigenvalue weighted by atomic mass is 35.5. The minimum atomic E-state index is -2.05.